The fourth-order valence-electron chi connectivity index (χ4n) is 4.91. The van der Waals surface area contributed by atoms with Gasteiger partial charge in [-0.3, -0.25) is 9.11 Å². The molecule has 0 aliphatic carbocycles. The zero-order valence-electron chi connectivity index (χ0n) is 32.8. The summed E-state index contributed by atoms with van der Waals surface area (Å²) in [7, 11) is -9.84. The van der Waals surface area contributed by atoms with E-state index in [1.807, 2.05) is 0 Å². The van der Waals surface area contributed by atoms with Crippen LogP contribution in [0, 0.1) is 0 Å². The van der Waals surface area contributed by atoms with Crippen LogP contribution in [0.4, 0.5) is 47.1 Å². The molecule has 62 heavy (non-hydrogen) atoms. The third-order valence-electron chi connectivity index (χ3n) is 7.75. The van der Waals surface area contributed by atoms with Crippen molar-refractivity contribution in [3.63, 3.8) is 0 Å². The van der Waals surface area contributed by atoms with E-state index in [0.717, 1.165) is 12.1 Å². The lowest BCUT2D eigenvalue weighted by Crippen LogP contribution is -2.24. The minimum atomic E-state index is -4.92. The topological polar surface area (TPSA) is 398 Å². The van der Waals surface area contributed by atoms with Crippen molar-refractivity contribution in [3.05, 3.63) is 47.5 Å². The number of hydrogen-bond donors (Lipinski definition) is 14. The molecule has 28 heteroatoms. The molecule has 2 heterocycles. The van der Waals surface area contributed by atoms with Crippen LogP contribution >= 0.6 is 0 Å². The Balaban J connectivity index is 1.61. The van der Waals surface area contributed by atoms with E-state index < -0.39 is 55.4 Å². The largest absolute Gasteiger partial charge is 0.394 e. The highest BCUT2D eigenvalue weighted by molar-refractivity contribution is 7.86. The third kappa shape index (κ3) is 16.4. The third-order valence-corrected chi connectivity index (χ3v) is 9.57. The summed E-state index contributed by atoms with van der Waals surface area (Å²) in [6, 6.07) is 7.50. The van der Waals surface area contributed by atoms with Crippen molar-refractivity contribution >= 4 is 79.5 Å². The molecular weight excluding hydrogens is 865 g/mol. The standard InChI is InChI=1S/C34H48N12O14S2/c47-9-13-59-11-7-35-29-41-31(37-17-25(51)19-49)45-33(43-29)39-23-5-3-21(27(15-23)61(53,54)55)1-2-22-4-6-24(16-28(22)62(56,57)58)40-34-44-30(36-8-12-60-14-10-48)42-32(46-34)38-18-26(52)20-50/h1-6,15-16,25-26,47-52H,7-14,17-20H2,(H,53,54,55)(H,56,57,58)(H3,35,37,39,41,43,45)(H3,36,38,40,42,44,46)/b2-1+. The Bertz CT molecular complexity index is 2150. The molecule has 0 spiro atoms. The van der Waals surface area contributed by atoms with Crippen LogP contribution in [-0.4, -0.2) is 178 Å². The Morgan fingerprint density at radius 2 is 0.887 bits per heavy atom. The Labute approximate surface area is 355 Å². The summed E-state index contributed by atoms with van der Waals surface area (Å²) in [6.07, 6.45) is 0.0983. The molecule has 0 bridgehead atoms. The SMILES string of the molecule is O=S(=O)(O)c1cc(Nc2nc(NCCOCCO)nc(NCC(O)CO)n2)ccc1/C=C/c1ccc(Nc2nc(NCCOCCO)nc(NCC(O)CO)n2)cc1S(=O)(=O)O. The number of aliphatic hydroxyl groups is 6. The van der Waals surface area contributed by atoms with Crippen LogP contribution in [0.5, 0.6) is 0 Å². The molecule has 0 saturated heterocycles. The highest BCUT2D eigenvalue weighted by Crippen LogP contribution is 2.28. The molecule has 2 atom stereocenters. The fraction of sp³-hybridized carbons (Fsp3) is 0.412. The molecular formula is C34H48N12O14S2. The van der Waals surface area contributed by atoms with Crippen molar-refractivity contribution in [2.45, 2.75) is 22.0 Å². The normalized spacial score (nSPS) is 12.8. The maximum absolute atomic E-state index is 12.6. The zero-order valence-corrected chi connectivity index (χ0v) is 34.4. The number of nitrogens with zero attached hydrogens (tertiary/aromatic N) is 6. The maximum atomic E-state index is 12.6. The number of aliphatic hydroxyl groups excluding tert-OH is 6. The van der Waals surface area contributed by atoms with Crippen LogP contribution in [0.15, 0.2) is 46.2 Å². The van der Waals surface area contributed by atoms with Gasteiger partial charge in [0.15, 0.2) is 0 Å². The predicted molar refractivity (Wildman–Crippen MR) is 224 cm³/mol. The zero-order chi connectivity index (χ0) is 45.1. The van der Waals surface area contributed by atoms with Gasteiger partial charge < -0.3 is 72.0 Å². The minimum absolute atomic E-state index is 0.0325. The highest BCUT2D eigenvalue weighted by Gasteiger charge is 2.19. The average molecular weight is 913 g/mol. The molecule has 4 rings (SSSR count). The summed E-state index contributed by atoms with van der Waals surface area (Å²) in [5, 5.41) is 72.6. The van der Waals surface area contributed by atoms with Gasteiger partial charge in [0.2, 0.25) is 35.7 Å². The second kappa shape index (κ2) is 24.2. The Morgan fingerprint density at radius 1 is 0.532 bits per heavy atom. The molecule has 2 aromatic heterocycles. The van der Waals surface area contributed by atoms with E-state index in [9.17, 15) is 46.4 Å². The van der Waals surface area contributed by atoms with E-state index >= 15 is 0 Å². The van der Waals surface area contributed by atoms with Crippen molar-refractivity contribution in [1.82, 2.24) is 29.9 Å². The first kappa shape index (κ1) is 49.2. The Hall–Kier alpha value is -5.50. The van der Waals surface area contributed by atoms with Gasteiger partial charge in [0, 0.05) is 37.6 Å². The molecule has 0 radical (unpaired) electrons. The van der Waals surface area contributed by atoms with Crippen molar-refractivity contribution < 1.29 is 66.1 Å². The van der Waals surface area contributed by atoms with Crippen LogP contribution in [-0.2, 0) is 29.7 Å². The van der Waals surface area contributed by atoms with E-state index in [1.54, 1.807) is 0 Å². The molecule has 2 aromatic carbocycles. The molecule has 0 amide bonds. The number of hydrogen-bond acceptors (Lipinski definition) is 24. The van der Waals surface area contributed by atoms with Crippen molar-refractivity contribution in [1.29, 1.82) is 0 Å². The summed E-state index contributed by atoms with van der Waals surface area (Å²) in [5.41, 5.74) is -0.0475. The van der Waals surface area contributed by atoms with Gasteiger partial charge in [0.05, 0.1) is 65.1 Å². The van der Waals surface area contributed by atoms with Crippen molar-refractivity contribution in [3.8, 4) is 0 Å². The van der Waals surface area contributed by atoms with Gasteiger partial charge in [0.25, 0.3) is 20.2 Å². The molecule has 0 aliphatic rings. The molecule has 26 nitrogen and oxygen atoms in total. The number of ether oxygens (including phenoxy) is 2. The summed E-state index contributed by atoms with van der Waals surface area (Å²) in [5.74, 6) is -0.240. The van der Waals surface area contributed by atoms with E-state index in [-0.39, 0.29) is 124 Å². The second-order valence-electron chi connectivity index (χ2n) is 12.6. The van der Waals surface area contributed by atoms with Crippen molar-refractivity contribution in [2.75, 3.05) is 111 Å². The van der Waals surface area contributed by atoms with Gasteiger partial charge in [-0.25, -0.2) is 0 Å². The average Bonchev–Trinajstić information content (AvgIpc) is 3.23. The van der Waals surface area contributed by atoms with Gasteiger partial charge >= 0.3 is 0 Å². The Kier molecular flexibility index (Phi) is 19.2. The number of aromatic nitrogens is 6. The lowest BCUT2D eigenvalue weighted by molar-refractivity contribution is 0.0991. The van der Waals surface area contributed by atoms with Crippen molar-refractivity contribution in [2.24, 2.45) is 0 Å². The van der Waals surface area contributed by atoms with Crippen LogP contribution in [0.3, 0.4) is 0 Å². The van der Waals surface area contributed by atoms with Crippen LogP contribution in [0.2, 0.25) is 0 Å². The molecule has 0 fully saturated rings. The first-order valence-corrected chi connectivity index (χ1v) is 21.4. The predicted octanol–water partition coefficient (Wildman–Crippen LogP) is -1.42. The summed E-state index contributed by atoms with van der Waals surface area (Å²) in [4.78, 5) is 24.0. The van der Waals surface area contributed by atoms with E-state index in [4.69, 9.17) is 19.7 Å². The van der Waals surface area contributed by atoms with Crippen LogP contribution < -0.4 is 31.9 Å². The second-order valence-corrected chi connectivity index (χ2v) is 15.4. The van der Waals surface area contributed by atoms with Crippen LogP contribution in [0.1, 0.15) is 11.1 Å². The molecule has 14 N–H and O–H groups in total. The van der Waals surface area contributed by atoms with Gasteiger partial charge in [-0.1, -0.05) is 24.3 Å². The summed E-state index contributed by atoms with van der Waals surface area (Å²) in [6.45, 7) is -0.668. The van der Waals surface area contributed by atoms with E-state index in [0.29, 0.717) is 0 Å². The lowest BCUT2D eigenvalue weighted by Gasteiger charge is -2.14. The number of anilines is 8. The first-order valence-electron chi connectivity index (χ1n) is 18.5. The molecule has 4 aromatic rings. The number of benzene rings is 2. The van der Waals surface area contributed by atoms with Gasteiger partial charge in [-0.15, -0.1) is 0 Å². The Morgan fingerprint density at radius 3 is 1.23 bits per heavy atom. The van der Waals surface area contributed by atoms with Crippen LogP contribution in [0.25, 0.3) is 12.2 Å². The summed E-state index contributed by atoms with van der Waals surface area (Å²) >= 11 is 0. The number of rotatable bonds is 28. The van der Waals surface area contributed by atoms with Gasteiger partial charge in [0.1, 0.15) is 9.79 Å². The molecule has 0 saturated carbocycles. The van der Waals surface area contributed by atoms with Gasteiger partial charge in [-0.2, -0.15) is 46.7 Å². The first-order chi connectivity index (χ1) is 29.6. The maximum Gasteiger partial charge on any atom is 0.295 e. The molecule has 0 aliphatic heterocycles. The van der Waals surface area contributed by atoms with Gasteiger partial charge in [-0.05, 0) is 35.4 Å². The molecule has 2 unspecified atom stereocenters. The van der Waals surface area contributed by atoms with E-state index in [2.05, 4.69) is 61.8 Å². The number of nitrogens with one attached hydrogen (secondary N) is 6. The molecule has 340 valence electrons. The minimum Gasteiger partial charge on any atom is -0.394 e. The lowest BCUT2D eigenvalue weighted by atomic mass is 10.1. The smallest absolute Gasteiger partial charge is 0.295 e. The highest BCUT2D eigenvalue weighted by atomic mass is 32.2. The van der Waals surface area contributed by atoms with E-state index in [1.165, 1.54) is 36.4 Å². The fourth-order valence-corrected chi connectivity index (χ4v) is 6.33. The quantitative estimate of drug-likeness (QED) is 0.0177. The monoisotopic (exact) mass is 912 g/mol. The summed E-state index contributed by atoms with van der Waals surface area (Å²) < 4.78 is 81.1.